The second kappa shape index (κ2) is 12.5. The van der Waals surface area contributed by atoms with Gasteiger partial charge in [0, 0.05) is 0 Å². The van der Waals surface area contributed by atoms with Gasteiger partial charge in [-0.1, -0.05) is 24.3 Å². The van der Waals surface area contributed by atoms with Gasteiger partial charge in [-0.3, -0.25) is 0 Å². The molecule has 2 fully saturated rings. The van der Waals surface area contributed by atoms with Crippen molar-refractivity contribution in [2.45, 2.75) is 64.4 Å². The Morgan fingerprint density at radius 2 is 1.33 bits per heavy atom. The van der Waals surface area contributed by atoms with Crippen molar-refractivity contribution in [1.82, 2.24) is 0 Å². The average molecular weight is 557 g/mol. The minimum absolute atomic E-state index is 0.0289. The minimum Gasteiger partial charge on any atom is -0.432 e. The van der Waals surface area contributed by atoms with Gasteiger partial charge in [-0.2, -0.15) is 22.0 Å². The molecule has 2 saturated carbocycles. The molecule has 0 bridgehead atoms. The number of halogens is 7. The summed E-state index contributed by atoms with van der Waals surface area (Å²) in [6.07, 6.45) is 5.06. The van der Waals surface area contributed by atoms with Crippen LogP contribution in [0.2, 0.25) is 0 Å². The number of allylic oxidation sites excluding steroid dienone is 2. The van der Waals surface area contributed by atoms with Crippen LogP contribution in [-0.2, 0) is 0 Å². The van der Waals surface area contributed by atoms with Crippen LogP contribution in [0.15, 0.2) is 60.6 Å². The maximum absolute atomic E-state index is 15.0. The second-order valence-electron chi connectivity index (χ2n) is 10.4. The van der Waals surface area contributed by atoms with Gasteiger partial charge in [0.1, 0.15) is 5.75 Å². The van der Waals surface area contributed by atoms with E-state index in [2.05, 4.69) is 16.9 Å². The predicted molar refractivity (Wildman–Crippen MR) is 134 cm³/mol. The fraction of sp³-hybridized carbons (Fsp3) is 0.467. The van der Waals surface area contributed by atoms with Crippen LogP contribution in [0.5, 0.6) is 11.5 Å². The molecule has 0 amide bonds. The van der Waals surface area contributed by atoms with E-state index in [1.165, 1.54) is 24.3 Å². The van der Waals surface area contributed by atoms with Gasteiger partial charge < -0.3 is 9.47 Å². The summed E-state index contributed by atoms with van der Waals surface area (Å²) < 4.78 is 105. The fourth-order valence-corrected chi connectivity index (χ4v) is 5.92. The van der Waals surface area contributed by atoms with Gasteiger partial charge in [0.25, 0.3) is 0 Å². The fourth-order valence-electron chi connectivity index (χ4n) is 5.92. The van der Waals surface area contributed by atoms with E-state index in [-0.39, 0.29) is 16.9 Å². The number of benzene rings is 2. The molecule has 2 aromatic rings. The largest absolute Gasteiger partial charge is 0.432 e. The molecule has 2 aliphatic rings. The average Bonchev–Trinajstić information content (AvgIpc) is 2.91. The van der Waals surface area contributed by atoms with E-state index in [4.69, 9.17) is 4.74 Å². The topological polar surface area (TPSA) is 18.5 Å². The Balaban J connectivity index is 1.34. The SMILES string of the molecule is C/C=C/C1CCC(C2CCC(C(F)(F)Oc3ccc(-c4cc(F)c(OC(F)=C(F)F)c(F)c4)cc3)CC2)CC1. The van der Waals surface area contributed by atoms with Crippen molar-refractivity contribution in [2.75, 3.05) is 0 Å². The molecule has 0 aromatic heterocycles. The van der Waals surface area contributed by atoms with E-state index in [1.54, 1.807) is 0 Å². The standard InChI is InChI=1S/C30H31F7O2/c1-2-3-18-4-6-19(7-5-18)20-8-12-23(13-9-20)30(36,37)39-24-14-10-21(11-15-24)22-16-25(31)27(26(32)17-22)38-29(35)28(33)34/h2-3,10-11,14-20,23H,4-9,12-13H2,1H3/b3-2+. The van der Waals surface area contributed by atoms with E-state index in [0.29, 0.717) is 30.6 Å². The number of hydrogen-bond donors (Lipinski definition) is 0. The predicted octanol–water partition coefficient (Wildman–Crippen LogP) is 10.2. The highest BCUT2D eigenvalue weighted by Crippen LogP contribution is 2.45. The van der Waals surface area contributed by atoms with Gasteiger partial charge in [-0.25, -0.2) is 8.78 Å². The molecule has 0 radical (unpaired) electrons. The Bertz CT molecular complexity index is 1150. The highest BCUT2D eigenvalue weighted by Gasteiger charge is 2.45. The lowest BCUT2D eigenvalue weighted by molar-refractivity contribution is -0.224. The molecule has 9 heteroatoms. The third-order valence-electron chi connectivity index (χ3n) is 7.98. The van der Waals surface area contributed by atoms with Crippen LogP contribution in [0.4, 0.5) is 30.7 Å². The molecule has 39 heavy (non-hydrogen) atoms. The summed E-state index contributed by atoms with van der Waals surface area (Å²) in [7, 11) is 0. The minimum atomic E-state index is -3.36. The Morgan fingerprint density at radius 3 is 1.85 bits per heavy atom. The first-order chi connectivity index (χ1) is 18.6. The molecule has 0 spiro atoms. The lowest BCUT2D eigenvalue weighted by Crippen LogP contribution is -2.38. The van der Waals surface area contributed by atoms with E-state index in [1.807, 2.05) is 6.92 Å². The lowest BCUT2D eigenvalue weighted by Gasteiger charge is -2.39. The monoisotopic (exact) mass is 556 g/mol. The van der Waals surface area contributed by atoms with Crippen molar-refractivity contribution >= 4 is 0 Å². The van der Waals surface area contributed by atoms with Crippen LogP contribution in [0.25, 0.3) is 11.1 Å². The van der Waals surface area contributed by atoms with E-state index in [9.17, 15) is 22.0 Å². The zero-order chi connectivity index (χ0) is 28.2. The number of alkyl halides is 2. The Kier molecular flexibility index (Phi) is 9.28. The summed E-state index contributed by atoms with van der Waals surface area (Å²) in [6.45, 7) is 2.03. The van der Waals surface area contributed by atoms with Crippen molar-refractivity contribution in [3.05, 3.63) is 72.3 Å². The normalized spacial score (nSPS) is 24.0. The third-order valence-corrected chi connectivity index (χ3v) is 7.98. The first kappa shape index (κ1) is 29.0. The molecule has 0 aliphatic heterocycles. The number of ether oxygens (including phenoxy) is 2. The van der Waals surface area contributed by atoms with Crippen molar-refractivity contribution in [1.29, 1.82) is 0 Å². The van der Waals surface area contributed by atoms with Gasteiger partial charge in [-0.15, -0.1) is 0 Å². The van der Waals surface area contributed by atoms with Crippen LogP contribution in [0.1, 0.15) is 58.3 Å². The quantitative estimate of drug-likeness (QED) is 0.183. The molecule has 0 N–H and O–H groups in total. The Morgan fingerprint density at radius 1 is 0.795 bits per heavy atom. The smallest absolute Gasteiger partial charge is 0.400 e. The van der Waals surface area contributed by atoms with Crippen molar-refractivity contribution < 1.29 is 40.2 Å². The maximum Gasteiger partial charge on any atom is 0.400 e. The highest BCUT2D eigenvalue weighted by molar-refractivity contribution is 5.65. The zero-order valence-corrected chi connectivity index (χ0v) is 21.5. The zero-order valence-electron chi connectivity index (χ0n) is 21.5. The highest BCUT2D eigenvalue weighted by atomic mass is 19.3. The molecule has 212 valence electrons. The summed E-state index contributed by atoms with van der Waals surface area (Å²) in [5, 5.41) is 0. The van der Waals surface area contributed by atoms with E-state index in [0.717, 1.165) is 50.7 Å². The Labute approximate surface area is 223 Å². The van der Waals surface area contributed by atoms with Gasteiger partial charge in [0.15, 0.2) is 11.6 Å². The molecular formula is C30H31F7O2. The summed E-state index contributed by atoms with van der Waals surface area (Å²) in [5.41, 5.74) is 0.214. The number of hydrogen-bond acceptors (Lipinski definition) is 2. The van der Waals surface area contributed by atoms with Crippen LogP contribution < -0.4 is 9.47 Å². The first-order valence-electron chi connectivity index (χ1n) is 13.2. The molecular weight excluding hydrogens is 525 g/mol. The number of rotatable bonds is 8. The van der Waals surface area contributed by atoms with Crippen LogP contribution in [-0.4, -0.2) is 6.11 Å². The van der Waals surface area contributed by atoms with Crippen LogP contribution in [0, 0.1) is 35.3 Å². The summed E-state index contributed by atoms with van der Waals surface area (Å²) in [5.74, 6) is -3.41. The Hall–Kier alpha value is -2.97. The second-order valence-corrected chi connectivity index (χ2v) is 10.4. The first-order valence-corrected chi connectivity index (χ1v) is 13.2. The summed E-state index contributed by atoms with van der Waals surface area (Å²) in [6, 6.07) is 4.31. The summed E-state index contributed by atoms with van der Waals surface area (Å²) >= 11 is 0. The molecule has 0 atom stereocenters. The molecule has 2 nitrogen and oxygen atoms in total. The van der Waals surface area contributed by atoms with Crippen LogP contribution in [0.3, 0.4) is 0 Å². The molecule has 0 saturated heterocycles. The van der Waals surface area contributed by atoms with Crippen molar-refractivity contribution in [2.24, 2.45) is 23.7 Å². The molecule has 2 aromatic carbocycles. The molecule has 2 aliphatic carbocycles. The van der Waals surface area contributed by atoms with E-state index < -0.39 is 41.5 Å². The lowest BCUT2D eigenvalue weighted by atomic mass is 9.69. The molecule has 0 unspecified atom stereocenters. The summed E-state index contributed by atoms with van der Waals surface area (Å²) in [4.78, 5) is 0. The van der Waals surface area contributed by atoms with Gasteiger partial charge in [0.05, 0.1) is 5.92 Å². The van der Waals surface area contributed by atoms with Gasteiger partial charge in [-0.05, 0) is 111 Å². The third kappa shape index (κ3) is 7.17. The van der Waals surface area contributed by atoms with Crippen molar-refractivity contribution in [3.63, 3.8) is 0 Å². The maximum atomic E-state index is 15.0. The molecule has 4 rings (SSSR count). The molecule has 0 heterocycles. The van der Waals surface area contributed by atoms with Gasteiger partial charge >= 0.3 is 18.2 Å². The van der Waals surface area contributed by atoms with Gasteiger partial charge in [0.2, 0.25) is 5.75 Å². The van der Waals surface area contributed by atoms with E-state index >= 15 is 8.78 Å². The van der Waals surface area contributed by atoms with Crippen molar-refractivity contribution in [3.8, 4) is 22.6 Å². The van der Waals surface area contributed by atoms with Crippen LogP contribution >= 0.6 is 0 Å².